The van der Waals surface area contributed by atoms with Gasteiger partial charge in [-0.05, 0) is 6.42 Å². The molecule has 0 saturated carbocycles. The van der Waals surface area contributed by atoms with Crippen LogP contribution in [-0.2, 0) is 9.47 Å². The van der Waals surface area contributed by atoms with Crippen molar-refractivity contribution >= 4 is 6.09 Å². The molecule has 0 aliphatic rings. The van der Waals surface area contributed by atoms with Gasteiger partial charge in [-0.2, -0.15) is 8.78 Å². The summed E-state index contributed by atoms with van der Waals surface area (Å²) in [6.07, 6.45) is 4.63. The van der Waals surface area contributed by atoms with Crippen molar-refractivity contribution in [3.05, 3.63) is 29.1 Å². The van der Waals surface area contributed by atoms with Crippen LogP contribution in [0.5, 0.6) is 5.75 Å². The van der Waals surface area contributed by atoms with Gasteiger partial charge in [0.2, 0.25) is 34.8 Å². The second-order valence-corrected chi connectivity index (χ2v) is 6.96. The van der Waals surface area contributed by atoms with Gasteiger partial charge in [0.25, 0.3) is 5.97 Å². The molecule has 1 rings (SSSR count). The van der Waals surface area contributed by atoms with Gasteiger partial charge in [0.1, 0.15) is 0 Å². The highest BCUT2D eigenvalue weighted by molar-refractivity contribution is 5.70. The third-order valence-corrected chi connectivity index (χ3v) is 4.86. The van der Waals surface area contributed by atoms with Gasteiger partial charge in [0.15, 0.2) is 0 Å². The van der Waals surface area contributed by atoms with Gasteiger partial charge < -0.3 is 24.6 Å². The number of rotatable bonds is 13. The van der Waals surface area contributed by atoms with Gasteiger partial charge in [0.05, 0.1) is 5.92 Å². The fourth-order valence-electron chi connectivity index (χ4n) is 3.01. The van der Waals surface area contributed by atoms with E-state index in [2.05, 4.69) is 17.0 Å². The van der Waals surface area contributed by atoms with Crippen LogP contribution in [0.4, 0.5) is 26.7 Å². The first-order chi connectivity index (χ1) is 14.6. The van der Waals surface area contributed by atoms with Crippen LogP contribution in [0.1, 0.15) is 51.9 Å². The zero-order valence-electron chi connectivity index (χ0n) is 17.7. The van der Waals surface area contributed by atoms with Gasteiger partial charge in [0, 0.05) is 20.8 Å². The second kappa shape index (κ2) is 12.8. The quantitative estimate of drug-likeness (QED) is 0.147. The fourth-order valence-corrected chi connectivity index (χ4v) is 3.01. The van der Waals surface area contributed by atoms with Crippen molar-refractivity contribution in [3.63, 3.8) is 0 Å². The van der Waals surface area contributed by atoms with E-state index in [0.717, 1.165) is 32.1 Å². The Bertz CT molecular complexity index is 701. The average molecular weight is 457 g/mol. The van der Waals surface area contributed by atoms with Gasteiger partial charge in [-0.25, -0.2) is 18.0 Å². The third kappa shape index (κ3) is 7.29. The number of carbonyl (C=O) groups is 1. The Balaban J connectivity index is 2.78. The number of aliphatic hydroxyl groups is 1. The lowest BCUT2D eigenvalue weighted by Gasteiger charge is -2.33. The third-order valence-electron chi connectivity index (χ3n) is 4.86. The van der Waals surface area contributed by atoms with E-state index >= 15 is 0 Å². The highest BCUT2D eigenvalue weighted by atomic mass is 19.2. The summed E-state index contributed by atoms with van der Waals surface area (Å²) in [6, 6.07) is 0. The van der Waals surface area contributed by atoms with Crippen LogP contribution in [-0.4, -0.2) is 37.9 Å². The molecule has 6 nitrogen and oxygen atoms in total. The van der Waals surface area contributed by atoms with E-state index in [0.29, 0.717) is 12.8 Å². The first-order valence-electron chi connectivity index (χ1n) is 9.92. The molecular formula is C20H28F5NO5. The molecule has 0 radical (unpaired) electrons. The predicted molar refractivity (Wildman–Crippen MR) is 101 cm³/mol. The maximum absolute atomic E-state index is 13.6. The topological polar surface area (TPSA) is 77.0 Å². The Morgan fingerprint density at radius 3 is 1.90 bits per heavy atom. The molecular weight excluding hydrogens is 429 g/mol. The largest absolute Gasteiger partial charge is 0.412 e. The second-order valence-electron chi connectivity index (χ2n) is 6.96. The fraction of sp³-hybridized carbons (Fsp3) is 0.650. The summed E-state index contributed by atoms with van der Waals surface area (Å²) in [7, 11) is 2.37. The van der Waals surface area contributed by atoms with Crippen LogP contribution in [0.25, 0.3) is 0 Å². The van der Waals surface area contributed by atoms with Crippen molar-refractivity contribution < 1.29 is 46.1 Å². The van der Waals surface area contributed by atoms with Crippen molar-refractivity contribution in [2.24, 2.45) is 5.92 Å². The average Bonchev–Trinajstić information content (AvgIpc) is 2.77. The number of methoxy groups -OCH3 is 2. The molecule has 0 aliphatic carbocycles. The first-order valence-corrected chi connectivity index (χ1v) is 9.92. The molecule has 178 valence electrons. The van der Waals surface area contributed by atoms with Crippen LogP contribution in [0, 0.1) is 35.0 Å². The monoisotopic (exact) mass is 457 g/mol. The molecule has 0 fully saturated rings. The number of hydrogen-bond acceptors (Lipinski definition) is 5. The van der Waals surface area contributed by atoms with Gasteiger partial charge in [-0.3, -0.25) is 0 Å². The van der Waals surface area contributed by atoms with E-state index in [1.54, 1.807) is 0 Å². The Kier molecular flexibility index (Phi) is 11.1. The lowest BCUT2D eigenvalue weighted by molar-refractivity contribution is -0.367. The number of halogens is 5. The van der Waals surface area contributed by atoms with Crippen LogP contribution >= 0.6 is 0 Å². The molecule has 1 amide bonds. The number of benzene rings is 1. The minimum absolute atomic E-state index is 0.318. The summed E-state index contributed by atoms with van der Waals surface area (Å²) < 4.78 is 81.0. The Hall–Kier alpha value is -1.98. The maximum atomic E-state index is 13.6. The Labute approximate surface area is 177 Å². The molecule has 1 aromatic rings. The molecule has 0 aliphatic heterocycles. The van der Waals surface area contributed by atoms with Crippen LogP contribution in [0.15, 0.2) is 0 Å². The van der Waals surface area contributed by atoms with Crippen LogP contribution < -0.4 is 10.1 Å². The molecule has 0 saturated heterocycles. The number of hydrogen-bond donors (Lipinski definition) is 2. The van der Waals surface area contributed by atoms with Gasteiger partial charge in [-0.1, -0.05) is 45.4 Å². The number of amides is 1. The minimum Gasteiger partial charge on any atom is -0.404 e. The number of nitrogens with one attached hydrogen (secondary N) is 1. The Morgan fingerprint density at radius 1 is 0.903 bits per heavy atom. The molecule has 0 heterocycles. The van der Waals surface area contributed by atoms with E-state index in [-0.39, 0.29) is 6.54 Å². The van der Waals surface area contributed by atoms with Crippen LogP contribution in [0.3, 0.4) is 0 Å². The van der Waals surface area contributed by atoms with E-state index in [4.69, 9.17) is 9.47 Å². The molecule has 0 aromatic heterocycles. The summed E-state index contributed by atoms with van der Waals surface area (Å²) >= 11 is 0. The number of unbranched alkanes of at least 4 members (excludes halogenated alkanes) is 5. The molecule has 1 atom stereocenters. The van der Waals surface area contributed by atoms with Crippen molar-refractivity contribution in [3.8, 4) is 5.75 Å². The molecule has 0 spiro atoms. The van der Waals surface area contributed by atoms with Crippen molar-refractivity contribution in [1.29, 1.82) is 0 Å². The molecule has 11 heteroatoms. The zero-order chi connectivity index (χ0) is 23.6. The van der Waals surface area contributed by atoms with E-state index in [1.165, 1.54) is 14.2 Å². The lowest BCUT2D eigenvalue weighted by atomic mass is 9.97. The van der Waals surface area contributed by atoms with Crippen molar-refractivity contribution in [1.82, 2.24) is 5.32 Å². The summed E-state index contributed by atoms with van der Waals surface area (Å²) in [5, 5.41) is 12.5. The minimum atomic E-state index is -2.37. The number of carbonyl (C=O) groups excluding carboxylic acids is 1. The van der Waals surface area contributed by atoms with E-state index < -0.39 is 52.8 Å². The normalized spacial score (nSPS) is 12.7. The predicted octanol–water partition coefficient (Wildman–Crippen LogP) is 4.78. The van der Waals surface area contributed by atoms with E-state index in [1.807, 2.05) is 0 Å². The maximum Gasteiger partial charge on any atom is 0.412 e. The molecule has 2 N–H and O–H groups in total. The first kappa shape index (κ1) is 27.1. The van der Waals surface area contributed by atoms with Crippen LogP contribution in [0.2, 0.25) is 0 Å². The van der Waals surface area contributed by atoms with Gasteiger partial charge in [-0.15, -0.1) is 0 Å². The summed E-state index contributed by atoms with van der Waals surface area (Å²) in [5.74, 6) is -16.0. The Morgan fingerprint density at radius 2 is 1.39 bits per heavy atom. The smallest absolute Gasteiger partial charge is 0.404 e. The molecule has 0 bridgehead atoms. The highest BCUT2D eigenvalue weighted by Crippen LogP contribution is 2.29. The van der Waals surface area contributed by atoms with Gasteiger partial charge >= 0.3 is 6.09 Å². The summed E-state index contributed by atoms with van der Waals surface area (Å²) in [4.78, 5) is 11.9. The van der Waals surface area contributed by atoms with Crippen molar-refractivity contribution in [2.45, 2.75) is 57.8 Å². The SMILES string of the molecule is CCCCCCCCC(CNC(=O)Oc1c(F)c(F)c(F)c(F)c1F)C(O)(OC)OC. The molecule has 1 aromatic carbocycles. The summed E-state index contributed by atoms with van der Waals surface area (Å²) in [6.45, 7) is 1.77. The van der Waals surface area contributed by atoms with E-state index in [9.17, 15) is 31.9 Å². The standard InChI is InChI=1S/C20H28F5NO5/c1-4-5-6-7-8-9-10-12(20(28,29-2)30-3)11-26-19(27)31-18-16(24)14(22)13(21)15(23)17(18)25/h12,28H,4-11H2,1-3H3,(H,26,27). The molecule has 31 heavy (non-hydrogen) atoms. The number of ether oxygens (including phenoxy) is 3. The summed E-state index contributed by atoms with van der Waals surface area (Å²) in [5.41, 5.74) is 0. The highest BCUT2D eigenvalue weighted by Gasteiger charge is 2.37. The molecule has 1 unspecified atom stereocenters. The van der Waals surface area contributed by atoms with Crippen molar-refractivity contribution in [2.75, 3.05) is 20.8 Å². The lowest BCUT2D eigenvalue weighted by Crippen LogP contribution is -2.47. The zero-order valence-corrected chi connectivity index (χ0v) is 17.7.